The van der Waals surface area contributed by atoms with Crippen LogP contribution in [0, 0.1) is 0 Å². The predicted octanol–water partition coefficient (Wildman–Crippen LogP) is 3.19. The van der Waals surface area contributed by atoms with Gasteiger partial charge in [0.15, 0.2) is 0 Å². The van der Waals surface area contributed by atoms with E-state index in [-0.39, 0.29) is 29.6 Å². The van der Waals surface area contributed by atoms with Crippen molar-refractivity contribution in [2.24, 2.45) is 4.76 Å². The minimum atomic E-state index is -4.54. The van der Waals surface area contributed by atoms with E-state index < -0.39 is 7.75 Å². The quantitative estimate of drug-likeness (QED) is 0.636. The number of allylic oxidation sites excluding steroid dienone is 4. The third kappa shape index (κ3) is 4.56. The van der Waals surface area contributed by atoms with Crippen LogP contribution in [0.3, 0.4) is 0 Å². The maximum Gasteiger partial charge on any atom is 0.448 e. The zero-order chi connectivity index (χ0) is 16.3. The summed E-state index contributed by atoms with van der Waals surface area (Å²) in [5.41, 5.74) is 1.88. The fourth-order valence-corrected chi connectivity index (χ4v) is 2.84. The van der Waals surface area contributed by atoms with Crippen LogP contribution in [0.5, 0.6) is 5.75 Å². The molecule has 0 saturated heterocycles. The van der Waals surface area contributed by atoms with Crippen molar-refractivity contribution < 1.29 is 24.6 Å². The van der Waals surface area contributed by atoms with Gasteiger partial charge in [-0.25, -0.2) is 4.57 Å². The van der Waals surface area contributed by atoms with Crippen LogP contribution in [0.1, 0.15) is 31.2 Å². The van der Waals surface area contributed by atoms with Crippen LogP contribution in [-0.4, -0.2) is 25.7 Å². The lowest BCUT2D eigenvalue weighted by Gasteiger charge is -2.19. The van der Waals surface area contributed by atoms with E-state index in [0.29, 0.717) is 12.0 Å². The van der Waals surface area contributed by atoms with Gasteiger partial charge in [-0.05, 0) is 41.7 Å². The Balaban J connectivity index is 2.23. The van der Waals surface area contributed by atoms with Crippen molar-refractivity contribution in [2.45, 2.75) is 25.7 Å². The average molecular weight is 323 g/mol. The van der Waals surface area contributed by atoms with Gasteiger partial charge in [0, 0.05) is 6.42 Å². The van der Waals surface area contributed by atoms with Gasteiger partial charge >= 0.3 is 7.75 Å². The summed E-state index contributed by atoms with van der Waals surface area (Å²) < 4.78 is 14.5. The van der Waals surface area contributed by atoms with E-state index in [4.69, 9.17) is 9.79 Å². The zero-order valence-corrected chi connectivity index (χ0v) is 12.9. The summed E-state index contributed by atoms with van der Waals surface area (Å²) in [4.78, 5) is 18.0. The van der Waals surface area contributed by atoms with Gasteiger partial charge in [-0.15, -0.1) is 0 Å². The highest BCUT2D eigenvalue weighted by molar-refractivity contribution is 7.50. The first-order chi connectivity index (χ1) is 10.2. The van der Waals surface area contributed by atoms with Gasteiger partial charge in [0.1, 0.15) is 5.75 Å². The number of nitrogens with zero attached hydrogens (tertiary/aromatic N) is 1. The maximum absolute atomic E-state index is 11.1. The monoisotopic (exact) mass is 323 g/mol. The molecule has 6 nitrogen and oxygen atoms in total. The van der Waals surface area contributed by atoms with E-state index in [1.54, 1.807) is 30.3 Å². The van der Waals surface area contributed by atoms with Crippen LogP contribution in [0.2, 0.25) is 0 Å². The largest absolute Gasteiger partial charge is 0.512 e. The van der Waals surface area contributed by atoms with Gasteiger partial charge in [-0.2, -0.15) is 4.76 Å². The van der Waals surface area contributed by atoms with Gasteiger partial charge < -0.3 is 20.0 Å². The van der Waals surface area contributed by atoms with Crippen molar-refractivity contribution in [1.29, 1.82) is 0 Å². The molecule has 1 aromatic rings. The van der Waals surface area contributed by atoms with Crippen LogP contribution in [-0.2, 0) is 4.57 Å². The van der Waals surface area contributed by atoms with E-state index in [1.807, 2.05) is 6.92 Å². The Labute approximate surface area is 128 Å². The lowest BCUT2D eigenvalue weighted by atomic mass is 9.89. The van der Waals surface area contributed by atoms with E-state index in [0.717, 1.165) is 5.56 Å². The summed E-state index contributed by atoms with van der Waals surface area (Å²) in [7, 11) is -4.54. The molecule has 1 aromatic carbocycles. The summed E-state index contributed by atoms with van der Waals surface area (Å²) in [6.45, 7) is 1.97. The minimum Gasteiger partial charge on any atom is -0.512 e. The van der Waals surface area contributed by atoms with Crippen LogP contribution in [0.15, 0.2) is 52.5 Å². The fraction of sp³-hybridized carbons (Fsp3) is 0.267. The number of hydrogen-bond acceptors (Lipinski definition) is 3. The molecule has 1 aliphatic carbocycles. The normalized spacial score (nSPS) is 18.8. The Morgan fingerprint density at radius 1 is 1.18 bits per heavy atom. The van der Waals surface area contributed by atoms with Gasteiger partial charge in [0.05, 0.1) is 11.5 Å². The number of aliphatic hydroxyl groups is 1. The minimum absolute atomic E-state index is 0.0131. The molecular formula is C15H18NO5P. The lowest BCUT2D eigenvalue weighted by molar-refractivity contribution is 0.374. The summed E-state index contributed by atoms with van der Waals surface area (Å²) in [6, 6.07) is 6.79. The first-order valence-electron chi connectivity index (χ1n) is 6.77. The van der Waals surface area contributed by atoms with E-state index in [1.165, 1.54) is 6.08 Å². The molecule has 0 radical (unpaired) electrons. The molecule has 0 aliphatic heterocycles. The van der Waals surface area contributed by atoms with E-state index in [2.05, 4.69) is 4.76 Å². The van der Waals surface area contributed by atoms with Crippen molar-refractivity contribution >= 4 is 13.5 Å². The van der Waals surface area contributed by atoms with Gasteiger partial charge in [0.2, 0.25) is 0 Å². The number of benzene rings is 1. The van der Waals surface area contributed by atoms with Gasteiger partial charge in [-0.3, -0.25) is 0 Å². The molecule has 0 saturated carbocycles. The first kappa shape index (κ1) is 16.5. The standard InChI is InChI=1S/C15H18NO5P/c1-10(11-2-5-13(17)6-3-11)8-12-4-7-14(18)9-15(12)16-22(19,20)21/h2-7,10,17-18H,8-9H2,1H3,(H2,19,20,21). The highest BCUT2D eigenvalue weighted by atomic mass is 31.2. The molecule has 1 unspecified atom stereocenters. The summed E-state index contributed by atoms with van der Waals surface area (Å²) >= 11 is 0. The molecule has 118 valence electrons. The Morgan fingerprint density at radius 2 is 1.82 bits per heavy atom. The van der Waals surface area contributed by atoms with E-state index in [9.17, 15) is 14.8 Å². The zero-order valence-electron chi connectivity index (χ0n) is 12.0. The smallest absolute Gasteiger partial charge is 0.448 e. The molecule has 2 rings (SSSR count). The van der Waals surface area contributed by atoms with Gasteiger partial charge in [-0.1, -0.05) is 25.1 Å². The number of rotatable bonds is 4. The third-order valence-corrected chi connectivity index (χ3v) is 3.94. The molecule has 0 amide bonds. The average Bonchev–Trinajstić information content (AvgIpc) is 2.41. The number of phenolic OH excluding ortho intramolecular Hbond substituents is 1. The molecule has 1 aliphatic rings. The lowest BCUT2D eigenvalue weighted by Crippen LogP contribution is -2.11. The van der Waals surface area contributed by atoms with Crippen molar-refractivity contribution in [3.05, 3.63) is 53.3 Å². The Morgan fingerprint density at radius 3 is 2.41 bits per heavy atom. The predicted molar refractivity (Wildman–Crippen MR) is 84.0 cm³/mol. The van der Waals surface area contributed by atoms with Crippen LogP contribution in [0.25, 0.3) is 0 Å². The SMILES string of the molecule is CC(CC1=CC=C(O)CC1=NP(=O)(O)O)c1ccc(O)cc1. The number of aromatic hydroxyl groups is 1. The fourth-order valence-electron chi connectivity index (χ4n) is 2.33. The third-order valence-electron chi connectivity index (χ3n) is 3.44. The van der Waals surface area contributed by atoms with Gasteiger partial charge in [0.25, 0.3) is 0 Å². The molecular weight excluding hydrogens is 305 g/mol. The molecule has 1 atom stereocenters. The Kier molecular flexibility index (Phi) is 4.86. The van der Waals surface area contributed by atoms with Crippen LogP contribution in [0.4, 0.5) is 0 Å². The summed E-state index contributed by atoms with van der Waals surface area (Å²) in [6.07, 6.45) is 3.68. The summed E-state index contributed by atoms with van der Waals surface area (Å²) in [5, 5.41) is 18.8. The number of aliphatic hydroxyl groups excluding tert-OH is 1. The topological polar surface area (TPSA) is 110 Å². The number of phenols is 1. The van der Waals surface area contributed by atoms with Crippen LogP contribution < -0.4 is 0 Å². The Hall–Kier alpha value is -1.88. The highest BCUT2D eigenvalue weighted by Gasteiger charge is 2.21. The highest BCUT2D eigenvalue weighted by Crippen LogP contribution is 2.39. The van der Waals surface area contributed by atoms with Crippen molar-refractivity contribution in [2.75, 3.05) is 0 Å². The molecule has 0 fully saturated rings. The van der Waals surface area contributed by atoms with Crippen molar-refractivity contribution in [1.82, 2.24) is 0 Å². The molecule has 7 heteroatoms. The van der Waals surface area contributed by atoms with Crippen molar-refractivity contribution in [3.8, 4) is 5.75 Å². The van der Waals surface area contributed by atoms with Crippen LogP contribution >= 0.6 is 7.75 Å². The number of hydrogen-bond donors (Lipinski definition) is 4. The molecule has 0 bridgehead atoms. The maximum atomic E-state index is 11.1. The molecule has 4 N–H and O–H groups in total. The second kappa shape index (κ2) is 6.48. The first-order valence-corrected chi connectivity index (χ1v) is 8.34. The molecule has 0 aromatic heterocycles. The van der Waals surface area contributed by atoms with Crippen molar-refractivity contribution in [3.63, 3.8) is 0 Å². The Bertz CT molecular complexity index is 684. The summed E-state index contributed by atoms with van der Waals surface area (Å²) in [5.74, 6) is 0.278. The second-order valence-corrected chi connectivity index (χ2v) is 6.51. The second-order valence-electron chi connectivity index (χ2n) is 5.28. The molecule has 0 heterocycles. The molecule has 22 heavy (non-hydrogen) atoms. The molecule has 0 spiro atoms. The van der Waals surface area contributed by atoms with E-state index >= 15 is 0 Å².